The van der Waals surface area contributed by atoms with Crippen molar-refractivity contribution in [1.82, 2.24) is 19.6 Å². The molecule has 1 N–H and O–H groups in total. The Balaban J connectivity index is 1.57. The van der Waals surface area contributed by atoms with E-state index in [0.29, 0.717) is 29.1 Å². The van der Waals surface area contributed by atoms with E-state index in [1.807, 2.05) is 12.1 Å². The van der Waals surface area contributed by atoms with Crippen molar-refractivity contribution in [2.75, 3.05) is 5.32 Å². The molecule has 0 atom stereocenters. The summed E-state index contributed by atoms with van der Waals surface area (Å²) in [6.07, 6.45) is 2.10. The van der Waals surface area contributed by atoms with Gasteiger partial charge in [-0.3, -0.25) is 4.98 Å². The minimum absolute atomic E-state index is 0.277. The standard InChI is InChI=1S/C19H14F3N5O/c20-19(21,22)28-15-3-1-14(2-4-15)16-12-25-27-10-7-17(26-18(16)27)24-11-13-5-8-23-9-6-13/h1-10,12H,11H2,(H,24,26). The molecule has 0 spiro atoms. The molecule has 4 rings (SSSR count). The van der Waals surface area contributed by atoms with Crippen LogP contribution in [0.5, 0.6) is 5.75 Å². The van der Waals surface area contributed by atoms with Crippen molar-refractivity contribution in [3.05, 3.63) is 72.8 Å². The molecule has 4 aromatic rings. The number of benzene rings is 1. The van der Waals surface area contributed by atoms with Crippen LogP contribution in [-0.2, 0) is 6.54 Å². The van der Waals surface area contributed by atoms with Gasteiger partial charge in [-0.1, -0.05) is 12.1 Å². The summed E-state index contributed by atoms with van der Waals surface area (Å²) in [5.74, 6) is 0.378. The number of nitrogens with one attached hydrogen (secondary N) is 1. The van der Waals surface area contributed by atoms with E-state index >= 15 is 0 Å². The highest BCUT2D eigenvalue weighted by molar-refractivity contribution is 5.77. The number of ether oxygens (including phenoxy) is 1. The summed E-state index contributed by atoms with van der Waals surface area (Å²) >= 11 is 0. The summed E-state index contributed by atoms with van der Waals surface area (Å²) in [5.41, 5.74) is 3.03. The SMILES string of the molecule is FC(F)(F)Oc1ccc(-c2cnn3ccc(NCc4ccncc4)nc23)cc1. The molecular weight excluding hydrogens is 371 g/mol. The molecule has 0 aliphatic rings. The fourth-order valence-electron chi connectivity index (χ4n) is 2.70. The maximum absolute atomic E-state index is 12.3. The van der Waals surface area contributed by atoms with Crippen LogP contribution in [0.2, 0.25) is 0 Å². The summed E-state index contributed by atoms with van der Waals surface area (Å²) in [6, 6.07) is 11.2. The lowest BCUT2D eigenvalue weighted by Crippen LogP contribution is -2.16. The Labute approximate surface area is 157 Å². The molecule has 0 bridgehead atoms. The van der Waals surface area contributed by atoms with Gasteiger partial charge in [0.2, 0.25) is 0 Å². The van der Waals surface area contributed by atoms with Crippen molar-refractivity contribution >= 4 is 11.5 Å². The molecule has 6 nitrogen and oxygen atoms in total. The summed E-state index contributed by atoms with van der Waals surface area (Å²) in [6.45, 7) is 0.582. The Kier molecular flexibility index (Phi) is 4.56. The Bertz CT molecular complexity index is 1080. The molecule has 0 unspecified atom stereocenters. The lowest BCUT2D eigenvalue weighted by molar-refractivity contribution is -0.274. The molecule has 0 aliphatic heterocycles. The van der Waals surface area contributed by atoms with Gasteiger partial charge in [-0.25, -0.2) is 9.50 Å². The average molecular weight is 385 g/mol. The van der Waals surface area contributed by atoms with Crippen LogP contribution in [0.1, 0.15) is 5.56 Å². The molecule has 0 aliphatic carbocycles. The van der Waals surface area contributed by atoms with Crippen LogP contribution < -0.4 is 10.1 Å². The molecule has 0 saturated heterocycles. The number of aromatic nitrogens is 4. The van der Waals surface area contributed by atoms with Gasteiger partial charge in [0.1, 0.15) is 11.6 Å². The number of anilines is 1. The quantitative estimate of drug-likeness (QED) is 0.555. The van der Waals surface area contributed by atoms with Gasteiger partial charge in [0.25, 0.3) is 0 Å². The molecular formula is C19H14F3N5O. The van der Waals surface area contributed by atoms with Crippen LogP contribution >= 0.6 is 0 Å². The fourth-order valence-corrected chi connectivity index (χ4v) is 2.70. The number of pyridine rings is 1. The monoisotopic (exact) mass is 385 g/mol. The summed E-state index contributed by atoms with van der Waals surface area (Å²) in [5, 5.41) is 7.47. The smallest absolute Gasteiger partial charge is 0.406 e. The first-order valence-electron chi connectivity index (χ1n) is 8.31. The molecule has 0 saturated carbocycles. The number of nitrogens with zero attached hydrogens (tertiary/aromatic N) is 4. The topological polar surface area (TPSA) is 64.3 Å². The van der Waals surface area contributed by atoms with Gasteiger partial charge in [0.15, 0.2) is 5.65 Å². The predicted octanol–water partition coefficient (Wildman–Crippen LogP) is 4.30. The number of alkyl halides is 3. The second-order valence-electron chi connectivity index (χ2n) is 5.92. The zero-order valence-electron chi connectivity index (χ0n) is 14.4. The van der Waals surface area contributed by atoms with Crippen LogP contribution in [0, 0.1) is 0 Å². The molecule has 9 heteroatoms. The first-order chi connectivity index (χ1) is 13.5. The van der Waals surface area contributed by atoms with Crippen LogP contribution in [0.3, 0.4) is 0 Å². The molecule has 0 fully saturated rings. The molecule has 0 radical (unpaired) electrons. The largest absolute Gasteiger partial charge is 0.573 e. The number of fused-ring (bicyclic) bond motifs is 1. The first kappa shape index (κ1) is 17.8. The van der Waals surface area contributed by atoms with Gasteiger partial charge >= 0.3 is 6.36 Å². The van der Waals surface area contributed by atoms with Crippen molar-refractivity contribution in [2.24, 2.45) is 0 Å². The lowest BCUT2D eigenvalue weighted by atomic mass is 10.1. The normalized spacial score (nSPS) is 11.5. The van der Waals surface area contributed by atoms with Crippen molar-refractivity contribution in [1.29, 1.82) is 0 Å². The van der Waals surface area contributed by atoms with Crippen LogP contribution in [-0.4, -0.2) is 25.9 Å². The predicted molar refractivity (Wildman–Crippen MR) is 96.7 cm³/mol. The third-order valence-electron chi connectivity index (χ3n) is 3.99. The summed E-state index contributed by atoms with van der Waals surface area (Å²) in [7, 11) is 0. The highest BCUT2D eigenvalue weighted by Gasteiger charge is 2.31. The minimum Gasteiger partial charge on any atom is -0.406 e. The zero-order chi connectivity index (χ0) is 19.6. The Morgan fingerprint density at radius 2 is 1.75 bits per heavy atom. The molecule has 3 aromatic heterocycles. The van der Waals surface area contributed by atoms with Gasteiger partial charge < -0.3 is 10.1 Å². The average Bonchev–Trinajstić information content (AvgIpc) is 3.10. The molecule has 0 amide bonds. The first-order valence-corrected chi connectivity index (χ1v) is 8.31. The second-order valence-corrected chi connectivity index (χ2v) is 5.92. The third kappa shape index (κ3) is 4.03. The van der Waals surface area contributed by atoms with Gasteiger partial charge in [-0.05, 0) is 41.5 Å². The fraction of sp³-hybridized carbons (Fsp3) is 0.105. The summed E-state index contributed by atoms with van der Waals surface area (Å²) < 4.78 is 42.4. The zero-order valence-corrected chi connectivity index (χ0v) is 14.4. The third-order valence-corrected chi connectivity index (χ3v) is 3.99. The van der Waals surface area contributed by atoms with E-state index in [4.69, 9.17) is 0 Å². The molecule has 28 heavy (non-hydrogen) atoms. The summed E-state index contributed by atoms with van der Waals surface area (Å²) in [4.78, 5) is 8.55. The Hall–Kier alpha value is -3.62. The maximum Gasteiger partial charge on any atom is 0.573 e. The van der Waals surface area contributed by atoms with E-state index in [0.717, 1.165) is 5.56 Å². The van der Waals surface area contributed by atoms with E-state index in [9.17, 15) is 13.2 Å². The molecule has 3 heterocycles. The van der Waals surface area contributed by atoms with Crippen molar-refractivity contribution in [3.8, 4) is 16.9 Å². The van der Waals surface area contributed by atoms with E-state index in [2.05, 4.69) is 25.1 Å². The van der Waals surface area contributed by atoms with Crippen molar-refractivity contribution in [2.45, 2.75) is 12.9 Å². The second kappa shape index (κ2) is 7.18. The van der Waals surface area contributed by atoms with E-state index in [1.54, 1.807) is 35.4 Å². The van der Waals surface area contributed by atoms with E-state index < -0.39 is 6.36 Å². The number of rotatable bonds is 5. The highest BCUT2D eigenvalue weighted by Crippen LogP contribution is 2.28. The van der Waals surface area contributed by atoms with Crippen molar-refractivity contribution in [3.63, 3.8) is 0 Å². The van der Waals surface area contributed by atoms with Gasteiger partial charge in [0, 0.05) is 30.7 Å². The van der Waals surface area contributed by atoms with Crippen molar-refractivity contribution < 1.29 is 17.9 Å². The molecule has 1 aromatic carbocycles. The van der Waals surface area contributed by atoms with Gasteiger partial charge in [-0.15, -0.1) is 13.2 Å². The number of hydrogen-bond acceptors (Lipinski definition) is 5. The Morgan fingerprint density at radius 3 is 2.46 bits per heavy atom. The van der Waals surface area contributed by atoms with Gasteiger partial charge in [-0.2, -0.15) is 5.10 Å². The number of hydrogen-bond donors (Lipinski definition) is 1. The van der Waals surface area contributed by atoms with Crippen LogP contribution in [0.4, 0.5) is 19.0 Å². The van der Waals surface area contributed by atoms with Crippen LogP contribution in [0.15, 0.2) is 67.3 Å². The van der Waals surface area contributed by atoms with E-state index in [-0.39, 0.29) is 5.75 Å². The van der Waals surface area contributed by atoms with Gasteiger partial charge in [0.05, 0.1) is 6.20 Å². The van der Waals surface area contributed by atoms with Crippen LogP contribution in [0.25, 0.3) is 16.8 Å². The lowest BCUT2D eigenvalue weighted by Gasteiger charge is -2.09. The van der Waals surface area contributed by atoms with E-state index in [1.165, 1.54) is 24.3 Å². The molecule has 142 valence electrons. The highest BCUT2D eigenvalue weighted by atomic mass is 19.4. The number of halogens is 3. The Morgan fingerprint density at radius 1 is 1.00 bits per heavy atom. The maximum atomic E-state index is 12.3. The minimum atomic E-state index is -4.72.